The largest absolute Gasteiger partial charge is 0.336 e. The highest BCUT2D eigenvalue weighted by Gasteiger charge is 2.20. The lowest BCUT2D eigenvalue weighted by atomic mass is 10.1. The monoisotopic (exact) mass is 348 g/mol. The van der Waals surface area contributed by atoms with Gasteiger partial charge in [0.2, 0.25) is 0 Å². The molecule has 0 aliphatic carbocycles. The summed E-state index contributed by atoms with van der Waals surface area (Å²) in [7, 11) is 2.04. The summed E-state index contributed by atoms with van der Waals surface area (Å²) >= 11 is 0. The fraction of sp³-hybridized carbons (Fsp3) is 0.250. The number of piperazine rings is 1. The van der Waals surface area contributed by atoms with E-state index in [1.165, 1.54) is 0 Å². The van der Waals surface area contributed by atoms with Crippen molar-refractivity contribution >= 4 is 17.5 Å². The smallest absolute Gasteiger partial charge is 0.255 e. The van der Waals surface area contributed by atoms with Crippen LogP contribution < -0.4 is 5.32 Å². The molecule has 6 heteroatoms. The third kappa shape index (κ3) is 4.08. The highest BCUT2D eigenvalue weighted by atomic mass is 16.2. The number of benzene rings is 2. The maximum Gasteiger partial charge on any atom is 0.255 e. The van der Waals surface area contributed by atoms with Crippen LogP contribution in [-0.2, 0) is 0 Å². The van der Waals surface area contributed by atoms with Crippen LogP contribution in [0.15, 0.2) is 48.5 Å². The predicted molar refractivity (Wildman–Crippen MR) is 99.0 cm³/mol. The lowest BCUT2D eigenvalue weighted by Crippen LogP contribution is -2.47. The van der Waals surface area contributed by atoms with Crippen LogP contribution in [0.2, 0.25) is 0 Å². The first-order chi connectivity index (χ1) is 12.6. The quantitative estimate of drug-likeness (QED) is 0.922. The second kappa shape index (κ2) is 7.81. The molecule has 1 fully saturated rings. The summed E-state index contributed by atoms with van der Waals surface area (Å²) in [5.74, 6) is -0.287. The van der Waals surface area contributed by atoms with E-state index in [4.69, 9.17) is 5.26 Å². The van der Waals surface area contributed by atoms with Gasteiger partial charge in [-0.3, -0.25) is 9.59 Å². The van der Waals surface area contributed by atoms with Crippen molar-refractivity contribution in [1.82, 2.24) is 9.80 Å². The lowest BCUT2D eigenvalue weighted by Gasteiger charge is -2.32. The molecule has 2 aromatic rings. The van der Waals surface area contributed by atoms with E-state index in [0.717, 1.165) is 13.1 Å². The van der Waals surface area contributed by atoms with Gasteiger partial charge in [-0.2, -0.15) is 5.26 Å². The van der Waals surface area contributed by atoms with Crippen molar-refractivity contribution in [2.75, 3.05) is 38.5 Å². The molecule has 1 aliphatic rings. The summed E-state index contributed by atoms with van der Waals surface area (Å²) in [5.41, 5.74) is 2.09. The van der Waals surface area contributed by atoms with Crippen LogP contribution in [-0.4, -0.2) is 54.8 Å². The molecule has 1 N–H and O–H groups in total. The highest BCUT2D eigenvalue weighted by Crippen LogP contribution is 2.14. The fourth-order valence-electron chi connectivity index (χ4n) is 2.83. The van der Waals surface area contributed by atoms with Crippen LogP contribution in [0.25, 0.3) is 0 Å². The van der Waals surface area contributed by atoms with E-state index in [1.54, 1.807) is 48.5 Å². The first-order valence-corrected chi connectivity index (χ1v) is 8.46. The number of likely N-dealkylation sites (N-methyl/N-ethyl adjacent to an activating group) is 1. The first kappa shape index (κ1) is 17.6. The molecule has 26 heavy (non-hydrogen) atoms. The highest BCUT2D eigenvalue weighted by molar-refractivity contribution is 6.05. The zero-order valence-electron chi connectivity index (χ0n) is 14.6. The van der Waals surface area contributed by atoms with E-state index < -0.39 is 0 Å². The van der Waals surface area contributed by atoms with Crippen LogP contribution in [0, 0.1) is 11.3 Å². The van der Waals surface area contributed by atoms with Gasteiger partial charge in [-0.25, -0.2) is 0 Å². The van der Waals surface area contributed by atoms with Gasteiger partial charge in [0.25, 0.3) is 11.8 Å². The van der Waals surface area contributed by atoms with Gasteiger partial charge in [-0.1, -0.05) is 6.07 Å². The second-order valence-electron chi connectivity index (χ2n) is 6.32. The first-order valence-electron chi connectivity index (χ1n) is 8.46. The standard InChI is InChI=1S/C20H20N4O2/c1-23-9-11-24(12-10-23)20(26)17-7-5-16(6-8-17)19(25)22-18-4-2-3-15(13-18)14-21/h2-8,13H,9-12H2,1H3,(H,22,25). The number of carbonyl (C=O) groups is 2. The van der Waals surface area contributed by atoms with E-state index in [9.17, 15) is 9.59 Å². The molecule has 2 aromatic carbocycles. The molecule has 0 aromatic heterocycles. The van der Waals surface area contributed by atoms with Crippen molar-refractivity contribution in [3.63, 3.8) is 0 Å². The average molecular weight is 348 g/mol. The number of rotatable bonds is 3. The van der Waals surface area contributed by atoms with E-state index in [1.807, 2.05) is 18.0 Å². The number of hydrogen-bond donors (Lipinski definition) is 1. The zero-order chi connectivity index (χ0) is 18.5. The van der Waals surface area contributed by atoms with Gasteiger partial charge in [-0.05, 0) is 49.5 Å². The molecule has 3 rings (SSSR count). The number of amides is 2. The predicted octanol–water partition coefficient (Wildman–Crippen LogP) is 2.20. The number of carbonyl (C=O) groups excluding carboxylic acids is 2. The maximum absolute atomic E-state index is 12.5. The number of hydrogen-bond acceptors (Lipinski definition) is 4. The Balaban J connectivity index is 1.66. The lowest BCUT2D eigenvalue weighted by molar-refractivity contribution is 0.0664. The Labute approximate surface area is 152 Å². The minimum absolute atomic E-state index is 0.00761. The average Bonchev–Trinajstić information content (AvgIpc) is 2.68. The SMILES string of the molecule is CN1CCN(C(=O)c2ccc(C(=O)Nc3cccc(C#N)c3)cc2)CC1. The Bertz CT molecular complexity index is 847. The van der Waals surface area contributed by atoms with Crippen molar-refractivity contribution in [2.45, 2.75) is 0 Å². The molecule has 0 unspecified atom stereocenters. The third-order valence-corrected chi connectivity index (χ3v) is 4.43. The molecule has 1 heterocycles. The minimum Gasteiger partial charge on any atom is -0.336 e. The van der Waals surface area contributed by atoms with Gasteiger partial charge < -0.3 is 15.1 Å². The molecule has 1 aliphatic heterocycles. The summed E-state index contributed by atoms with van der Waals surface area (Å²) in [4.78, 5) is 28.9. The van der Waals surface area contributed by atoms with Gasteiger partial charge in [-0.15, -0.1) is 0 Å². The van der Waals surface area contributed by atoms with Crippen molar-refractivity contribution in [3.8, 4) is 6.07 Å². The summed E-state index contributed by atoms with van der Waals surface area (Å²) in [5, 5.41) is 11.7. The fourth-order valence-corrected chi connectivity index (χ4v) is 2.83. The Kier molecular flexibility index (Phi) is 5.30. The van der Waals surface area contributed by atoms with Gasteiger partial charge in [0.05, 0.1) is 11.6 Å². The van der Waals surface area contributed by atoms with Crippen LogP contribution in [0.1, 0.15) is 26.3 Å². The molecule has 0 atom stereocenters. The van der Waals surface area contributed by atoms with Crippen molar-refractivity contribution < 1.29 is 9.59 Å². The maximum atomic E-state index is 12.5. The van der Waals surface area contributed by atoms with Crippen LogP contribution >= 0.6 is 0 Å². The summed E-state index contributed by atoms with van der Waals surface area (Å²) in [6.07, 6.45) is 0. The van der Waals surface area contributed by atoms with Gasteiger partial charge in [0.1, 0.15) is 0 Å². The second-order valence-corrected chi connectivity index (χ2v) is 6.32. The Morgan fingerprint density at radius 2 is 1.65 bits per heavy atom. The summed E-state index contributed by atoms with van der Waals surface area (Å²) in [6, 6.07) is 15.4. The van der Waals surface area contributed by atoms with Gasteiger partial charge >= 0.3 is 0 Å². The Hall–Kier alpha value is -3.17. The van der Waals surface area contributed by atoms with E-state index in [2.05, 4.69) is 10.2 Å². The molecule has 0 bridgehead atoms. The van der Waals surface area contributed by atoms with Crippen molar-refractivity contribution in [3.05, 3.63) is 65.2 Å². The molecule has 2 amide bonds. The van der Waals surface area contributed by atoms with Crippen LogP contribution in [0.4, 0.5) is 5.69 Å². The topological polar surface area (TPSA) is 76.4 Å². The summed E-state index contributed by atoms with van der Waals surface area (Å²) in [6.45, 7) is 3.17. The van der Waals surface area contributed by atoms with Crippen LogP contribution in [0.5, 0.6) is 0 Å². The van der Waals surface area contributed by atoms with Crippen molar-refractivity contribution in [2.24, 2.45) is 0 Å². The normalized spacial score (nSPS) is 14.5. The molecule has 0 saturated carbocycles. The zero-order valence-corrected chi connectivity index (χ0v) is 14.6. The molecule has 0 radical (unpaired) electrons. The minimum atomic E-state index is -0.279. The molecule has 1 saturated heterocycles. The van der Waals surface area contributed by atoms with Crippen LogP contribution in [0.3, 0.4) is 0 Å². The van der Waals surface area contributed by atoms with E-state index in [0.29, 0.717) is 35.5 Å². The third-order valence-electron chi connectivity index (χ3n) is 4.43. The van der Waals surface area contributed by atoms with E-state index in [-0.39, 0.29) is 11.8 Å². The van der Waals surface area contributed by atoms with E-state index >= 15 is 0 Å². The summed E-state index contributed by atoms with van der Waals surface area (Å²) < 4.78 is 0. The van der Waals surface area contributed by atoms with Crippen molar-refractivity contribution in [1.29, 1.82) is 5.26 Å². The number of anilines is 1. The molecular formula is C20H20N4O2. The number of nitrogens with zero attached hydrogens (tertiary/aromatic N) is 3. The molecule has 6 nitrogen and oxygen atoms in total. The Morgan fingerprint density at radius 3 is 2.31 bits per heavy atom. The Morgan fingerprint density at radius 1 is 1.00 bits per heavy atom. The number of nitrogens with one attached hydrogen (secondary N) is 1. The van der Waals surface area contributed by atoms with Gasteiger partial charge in [0, 0.05) is 43.0 Å². The molecule has 0 spiro atoms. The molecular weight excluding hydrogens is 328 g/mol. The number of nitriles is 1. The molecule has 132 valence electrons. The van der Waals surface area contributed by atoms with Gasteiger partial charge in [0.15, 0.2) is 0 Å².